The van der Waals surface area contributed by atoms with Gasteiger partial charge in [0.15, 0.2) is 0 Å². The first kappa shape index (κ1) is 24.4. The Morgan fingerprint density at radius 2 is 1.62 bits per heavy atom. The number of piperazine rings is 1. The van der Waals surface area contributed by atoms with Crippen LogP contribution in [0.2, 0.25) is 0 Å². The average molecular weight is 489 g/mol. The van der Waals surface area contributed by atoms with Crippen LogP contribution in [0.15, 0.2) is 47.4 Å². The molecule has 2 aliphatic heterocycles. The van der Waals surface area contributed by atoms with Gasteiger partial charge < -0.3 is 9.64 Å². The Labute approximate surface area is 201 Å². The van der Waals surface area contributed by atoms with Gasteiger partial charge in [-0.2, -0.15) is 4.31 Å². The molecule has 2 aromatic rings. The molecule has 0 spiro atoms. The predicted octanol–water partition coefficient (Wildman–Crippen LogP) is 3.49. The minimum Gasteiger partial charge on any atom is -0.494 e. The van der Waals surface area contributed by atoms with Crippen molar-refractivity contribution in [1.29, 1.82) is 0 Å². The van der Waals surface area contributed by atoms with Gasteiger partial charge in [-0.3, -0.25) is 15.0 Å². The minimum absolute atomic E-state index is 0.000939. The number of ether oxygens (including phenoxy) is 1. The first-order chi connectivity index (χ1) is 16.4. The Morgan fingerprint density at radius 3 is 2.24 bits per heavy atom. The summed E-state index contributed by atoms with van der Waals surface area (Å²) >= 11 is 0. The molecule has 0 bridgehead atoms. The Kier molecular flexibility index (Phi) is 7.70. The number of hydrogen-bond acceptors (Lipinski definition) is 7. The highest BCUT2D eigenvalue weighted by Gasteiger charge is 2.30. The van der Waals surface area contributed by atoms with Gasteiger partial charge in [0.05, 0.1) is 16.4 Å². The number of nitro groups is 1. The van der Waals surface area contributed by atoms with Gasteiger partial charge in [0.2, 0.25) is 10.0 Å². The number of piperidine rings is 1. The third-order valence-corrected chi connectivity index (χ3v) is 8.34. The maximum atomic E-state index is 13.0. The predicted molar refractivity (Wildman–Crippen MR) is 131 cm³/mol. The van der Waals surface area contributed by atoms with Crippen LogP contribution in [0.1, 0.15) is 31.7 Å². The molecule has 4 rings (SSSR count). The van der Waals surface area contributed by atoms with Gasteiger partial charge in [0.25, 0.3) is 5.69 Å². The molecule has 0 saturated carbocycles. The Bertz CT molecular complexity index is 1090. The molecule has 0 N–H and O–H groups in total. The fourth-order valence-electron chi connectivity index (χ4n) is 4.59. The number of sulfonamides is 1. The lowest BCUT2D eigenvalue weighted by Gasteiger charge is -2.36. The molecule has 9 nitrogen and oxygen atoms in total. The maximum absolute atomic E-state index is 13.0. The molecule has 184 valence electrons. The molecule has 0 atom stereocenters. The van der Waals surface area contributed by atoms with E-state index in [1.165, 1.54) is 22.0 Å². The maximum Gasteiger partial charge on any atom is 0.293 e. The molecular formula is C24H32N4O5S. The highest BCUT2D eigenvalue weighted by atomic mass is 32.2. The summed E-state index contributed by atoms with van der Waals surface area (Å²) in [6, 6.07) is 12.4. The van der Waals surface area contributed by atoms with Crippen molar-refractivity contribution in [2.45, 2.75) is 37.6 Å². The second-order valence-electron chi connectivity index (χ2n) is 8.71. The van der Waals surface area contributed by atoms with E-state index in [0.29, 0.717) is 38.5 Å². The molecule has 34 heavy (non-hydrogen) atoms. The third-order valence-electron chi connectivity index (χ3n) is 6.45. The van der Waals surface area contributed by atoms with Crippen LogP contribution in [0.5, 0.6) is 5.75 Å². The van der Waals surface area contributed by atoms with Crippen LogP contribution < -0.4 is 9.64 Å². The summed E-state index contributed by atoms with van der Waals surface area (Å²) in [6.07, 6.45) is 2.65. The SMILES string of the molecule is CCOc1ccc(CN2CCN(c3ccc(S(=O)(=O)N4CCCCC4)cc3[N+](=O)[O-])CC2)cc1. The molecule has 0 amide bonds. The lowest BCUT2D eigenvalue weighted by atomic mass is 10.1. The van der Waals surface area contributed by atoms with Gasteiger partial charge in [0, 0.05) is 51.9 Å². The minimum atomic E-state index is -3.72. The number of nitrogens with zero attached hydrogens (tertiary/aromatic N) is 4. The molecule has 0 aliphatic carbocycles. The van der Waals surface area contributed by atoms with E-state index in [4.69, 9.17) is 4.74 Å². The first-order valence-corrected chi connectivity index (χ1v) is 13.3. The van der Waals surface area contributed by atoms with E-state index in [9.17, 15) is 18.5 Å². The number of rotatable bonds is 8. The summed E-state index contributed by atoms with van der Waals surface area (Å²) in [6.45, 7) is 7.12. The summed E-state index contributed by atoms with van der Waals surface area (Å²) in [5, 5.41) is 11.8. The molecule has 2 aliphatic rings. The van der Waals surface area contributed by atoms with Crippen molar-refractivity contribution >= 4 is 21.4 Å². The van der Waals surface area contributed by atoms with Crippen LogP contribution in [0.4, 0.5) is 11.4 Å². The molecule has 2 aromatic carbocycles. The lowest BCUT2D eigenvalue weighted by Crippen LogP contribution is -2.46. The fraction of sp³-hybridized carbons (Fsp3) is 0.500. The summed E-state index contributed by atoms with van der Waals surface area (Å²) in [4.78, 5) is 15.7. The lowest BCUT2D eigenvalue weighted by molar-refractivity contribution is -0.384. The van der Waals surface area contributed by atoms with Crippen LogP contribution >= 0.6 is 0 Å². The smallest absolute Gasteiger partial charge is 0.293 e. The monoisotopic (exact) mass is 488 g/mol. The van der Waals surface area contributed by atoms with Gasteiger partial charge in [0.1, 0.15) is 11.4 Å². The standard InChI is InChI=1S/C24H32N4O5S/c1-2-33-21-8-6-20(7-9-21)19-25-14-16-26(17-15-25)23-11-10-22(18-24(23)28(29)30)34(31,32)27-12-4-3-5-13-27/h6-11,18H,2-5,12-17,19H2,1H3. The largest absolute Gasteiger partial charge is 0.494 e. The zero-order valence-corrected chi connectivity index (χ0v) is 20.4. The Balaban J connectivity index is 1.43. The van der Waals surface area contributed by atoms with E-state index in [1.54, 1.807) is 6.07 Å². The van der Waals surface area contributed by atoms with E-state index in [0.717, 1.165) is 44.6 Å². The topological polar surface area (TPSA) is 96.2 Å². The van der Waals surface area contributed by atoms with Crippen LogP contribution in [0, 0.1) is 10.1 Å². The molecular weight excluding hydrogens is 456 g/mol. The molecule has 0 unspecified atom stereocenters. The van der Waals surface area contributed by atoms with Gasteiger partial charge in [-0.05, 0) is 49.6 Å². The third kappa shape index (κ3) is 5.51. The van der Waals surface area contributed by atoms with Gasteiger partial charge >= 0.3 is 0 Å². The molecule has 2 heterocycles. The summed E-state index contributed by atoms with van der Waals surface area (Å²) < 4.78 is 32.9. The fourth-order valence-corrected chi connectivity index (χ4v) is 6.13. The summed E-state index contributed by atoms with van der Waals surface area (Å²) in [7, 11) is -3.72. The van der Waals surface area contributed by atoms with E-state index in [2.05, 4.69) is 17.0 Å². The van der Waals surface area contributed by atoms with Crippen molar-refractivity contribution in [2.24, 2.45) is 0 Å². The van der Waals surface area contributed by atoms with Crippen molar-refractivity contribution in [1.82, 2.24) is 9.21 Å². The van der Waals surface area contributed by atoms with Gasteiger partial charge in [-0.1, -0.05) is 18.6 Å². The van der Waals surface area contributed by atoms with E-state index in [-0.39, 0.29) is 10.6 Å². The van der Waals surface area contributed by atoms with Gasteiger partial charge in [-0.15, -0.1) is 0 Å². The average Bonchev–Trinajstić information content (AvgIpc) is 2.86. The van der Waals surface area contributed by atoms with Crippen LogP contribution in [0.25, 0.3) is 0 Å². The quantitative estimate of drug-likeness (QED) is 0.414. The highest BCUT2D eigenvalue weighted by molar-refractivity contribution is 7.89. The van der Waals surface area contributed by atoms with Crippen molar-refractivity contribution in [3.8, 4) is 5.75 Å². The van der Waals surface area contributed by atoms with Crippen molar-refractivity contribution in [3.63, 3.8) is 0 Å². The summed E-state index contributed by atoms with van der Waals surface area (Å²) in [5.41, 5.74) is 1.51. The molecule has 10 heteroatoms. The second-order valence-corrected chi connectivity index (χ2v) is 10.7. The number of benzene rings is 2. The van der Waals surface area contributed by atoms with Crippen molar-refractivity contribution < 1.29 is 18.1 Å². The molecule has 2 saturated heterocycles. The molecule has 0 radical (unpaired) electrons. The zero-order chi connectivity index (χ0) is 24.1. The van der Waals surface area contributed by atoms with E-state index in [1.807, 2.05) is 24.0 Å². The Morgan fingerprint density at radius 1 is 0.941 bits per heavy atom. The van der Waals surface area contributed by atoms with Gasteiger partial charge in [-0.25, -0.2) is 8.42 Å². The summed E-state index contributed by atoms with van der Waals surface area (Å²) in [5.74, 6) is 0.856. The van der Waals surface area contributed by atoms with Crippen LogP contribution in [0.3, 0.4) is 0 Å². The van der Waals surface area contributed by atoms with E-state index < -0.39 is 14.9 Å². The van der Waals surface area contributed by atoms with Crippen LogP contribution in [-0.2, 0) is 16.6 Å². The van der Waals surface area contributed by atoms with E-state index >= 15 is 0 Å². The normalized spacial score (nSPS) is 18.1. The van der Waals surface area contributed by atoms with Crippen molar-refractivity contribution in [3.05, 3.63) is 58.1 Å². The van der Waals surface area contributed by atoms with Crippen molar-refractivity contribution in [2.75, 3.05) is 50.8 Å². The highest BCUT2D eigenvalue weighted by Crippen LogP contribution is 2.33. The number of nitro benzene ring substituents is 1. The molecule has 2 fully saturated rings. The number of anilines is 1. The van der Waals surface area contributed by atoms with Crippen LogP contribution in [-0.4, -0.2) is 68.4 Å². The Hall–Kier alpha value is -2.69. The zero-order valence-electron chi connectivity index (χ0n) is 19.6. The number of hydrogen-bond donors (Lipinski definition) is 0. The molecule has 0 aromatic heterocycles. The first-order valence-electron chi connectivity index (χ1n) is 11.9. The second kappa shape index (κ2) is 10.7.